The zero-order valence-electron chi connectivity index (χ0n) is 17.1. The van der Waals surface area contributed by atoms with Crippen LogP contribution in [-0.4, -0.2) is 21.4 Å². The number of amides is 3. The molecule has 0 atom stereocenters. The van der Waals surface area contributed by atoms with Gasteiger partial charge < -0.3 is 9.88 Å². The molecule has 5 nitrogen and oxygen atoms in total. The van der Waals surface area contributed by atoms with Gasteiger partial charge in [0.2, 0.25) is 0 Å². The van der Waals surface area contributed by atoms with Gasteiger partial charge in [-0.1, -0.05) is 29.8 Å². The van der Waals surface area contributed by atoms with E-state index in [2.05, 4.69) is 5.32 Å². The first-order valence-corrected chi connectivity index (χ1v) is 9.68. The van der Waals surface area contributed by atoms with Crippen molar-refractivity contribution in [3.05, 3.63) is 94.2 Å². The molecule has 3 amide bonds. The molecule has 4 rings (SSSR count). The van der Waals surface area contributed by atoms with E-state index in [1.54, 1.807) is 18.2 Å². The Morgan fingerprint density at radius 1 is 0.967 bits per heavy atom. The summed E-state index contributed by atoms with van der Waals surface area (Å²) in [5.74, 6) is -0.649. The molecule has 0 aliphatic carbocycles. The third-order valence-corrected chi connectivity index (χ3v) is 5.28. The van der Waals surface area contributed by atoms with Crippen molar-refractivity contribution < 1.29 is 14.0 Å². The third-order valence-electron chi connectivity index (χ3n) is 5.28. The summed E-state index contributed by atoms with van der Waals surface area (Å²) in [6, 6.07) is 15.5. The van der Waals surface area contributed by atoms with Crippen LogP contribution in [-0.2, 0) is 11.3 Å². The van der Waals surface area contributed by atoms with Gasteiger partial charge in [0.25, 0.3) is 5.91 Å². The first kappa shape index (κ1) is 19.6. The average molecular weight is 403 g/mol. The number of rotatable bonds is 4. The van der Waals surface area contributed by atoms with Gasteiger partial charge in [-0.2, -0.15) is 0 Å². The standard InChI is InChI=1S/C24H22FN3O2/c1-15-4-6-18(7-5-15)14-27-23(29)22(26-24(27)30)13-19-12-16(2)28(17(19)3)21-10-8-20(25)9-11-21/h4-13H,14H2,1-3H3,(H,26,30)/b22-13+. The smallest absolute Gasteiger partial charge is 0.318 e. The van der Waals surface area contributed by atoms with Crippen LogP contribution in [0.5, 0.6) is 0 Å². The molecule has 0 saturated carbocycles. The van der Waals surface area contributed by atoms with Crippen LogP contribution in [0.15, 0.2) is 60.3 Å². The summed E-state index contributed by atoms with van der Waals surface area (Å²) in [6.07, 6.45) is 1.69. The number of imide groups is 1. The van der Waals surface area contributed by atoms with E-state index in [-0.39, 0.29) is 24.0 Å². The number of halogens is 1. The molecule has 1 N–H and O–H groups in total. The highest BCUT2D eigenvalue weighted by molar-refractivity contribution is 6.14. The SMILES string of the molecule is Cc1ccc(CN2C(=O)N/C(=C/c3cc(C)n(-c4ccc(F)cc4)c3C)C2=O)cc1. The lowest BCUT2D eigenvalue weighted by molar-refractivity contribution is -0.123. The molecule has 0 radical (unpaired) electrons. The molecule has 0 bridgehead atoms. The molecule has 1 aliphatic rings. The Labute approximate surface area is 174 Å². The van der Waals surface area contributed by atoms with E-state index in [0.717, 1.165) is 33.8 Å². The zero-order chi connectivity index (χ0) is 21.4. The van der Waals surface area contributed by atoms with Crippen LogP contribution in [0.25, 0.3) is 11.8 Å². The summed E-state index contributed by atoms with van der Waals surface area (Å²) in [5.41, 5.74) is 5.74. The van der Waals surface area contributed by atoms with Crippen molar-refractivity contribution in [1.82, 2.24) is 14.8 Å². The van der Waals surface area contributed by atoms with Crippen molar-refractivity contribution >= 4 is 18.0 Å². The lowest BCUT2D eigenvalue weighted by Crippen LogP contribution is -2.30. The molecule has 1 saturated heterocycles. The Bertz CT molecular complexity index is 1160. The summed E-state index contributed by atoms with van der Waals surface area (Å²) < 4.78 is 15.3. The minimum absolute atomic E-state index is 0.219. The summed E-state index contributed by atoms with van der Waals surface area (Å²) >= 11 is 0. The van der Waals surface area contributed by atoms with Gasteiger partial charge in [0.05, 0.1) is 6.54 Å². The first-order chi connectivity index (χ1) is 14.3. The molecule has 1 aromatic heterocycles. The normalized spacial score (nSPS) is 15.2. The molecule has 2 aromatic carbocycles. The van der Waals surface area contributed by atoms with Crippen molar-refractivity contribution in [2.45, 2.75) is 27.3 Å². The fourth-order valence-electron chi connectivity index (χ4n) is 3.67. The molecule has 1 aliphatic heterocycles. The number of urea groups is 1. The largest absolute Gasteiger partial charge is 0.329 e. The van der Waals surface area contributed by atoms with E-state index in [4.69, 9.17) is 0 Å². The van der Waals surface area contributed by atoms with Gasteiger partial charge in [-0.15, -0.1) is 0 Å². The maximum Gasteiger partial charge on any atom is 0.329 e. The number of hydrogen-bond donors (Lipinski definition) is 1. The lowest BCUT2D eigenvalue weighted by Gasteiger charge is -2.11. The van der Waals surface area contributed by atoms with Crippen molar-refractivity contribution in [2.24, 2.45) is 0 Å². The van der Waals surface area contributed by atoms with Gasteiger partial charge in [0, 0.05) is 17.1 Å². The highest BCUT2D eigenvalue weighted by Crippen LogP contribution is 2.24. The summed E-state index contributed by atoms with van der Waals surface area (Å²) in [5, 5.41) is 2.68. The van der Waals surface area contributed by atoms with Crippen LogP contribution in [0.4, 0.5) is 9.18 Å². The van der Waals surface area contributed by atoms with Crippen LogP contribution >= 0.6 is 0 Å². The Morgan fingerprint density at radius 3 is 2.30 bits per heavy atom. The third kappa shape index (κ3) is 3.64. The van der Waals surface area contributed by atoms with Crippen LogP contribution < -0.4 is 5.32 Å². The van der Waals surface area contributed by atoms with Crippen molar-refractivity contribution in [1.29, 1.82) is 0 Å². The average Bonchev–Trinajstić information content (AvgIpc) is 3.14. The maximum atomic E-state index is 13.3. The second-order valence-electron chi connectivity index (χ2n) is 7.50. The molecule has 1 fully saturated rings. The van der Waals surface area contributed by atoms with E-state index in [1.807, 2.05) is 55.7 Å². The predicted molar refractivity (Wildman–Crippen MR) is 113 cm³/mol. The van der Waals surface area contributed by atoms with Gasteiger partial charge in [-0.3, -0.25) is 9.69 Å². The molecular formula is C24H22FN3O2. The predicted octanol–water partition coefficient (Wildman–Crippen LogP) is 4.63. The van der Waals surface area contributed by atoms with Gasteiger partial charge in [0.15, 0.2) is 0 Å². The van der Waals surface area contributed by atoms with Crippen LogP contribution in [0.1, 0.15) is 28.1 Å². The number of nitrogens with zero attached hydrogens (tertiary/aromatic N) is 2. The van der Waals surface area contributed by atoms with E-state index >= 15 is 0 Å². The molecule has 2 heterocycles. The zero-order valence-corrected chi connectivity index (χ0v) is 17.1. The monoisotopic (exact) mass is 403 g/mol. The molecule has 6 heteroatoms. The summed E-state index contributed by atoms with van der Waals surface area (Å²) in [7, 11) is 0. The molecule has 0 spiro atoms. The van der Waals surface area contributed by atoms with E-state index in [1.165, 1.54) is 17.0 Å². The topological polar surface area (TPSA) is 54.3 Å². The van der Waals surface area contributed by atoms with E-state index < -0.39 is 6.03 Å². The summed E-state index contributed by atoms with van der Waals surface area (Å²) in [6.45, 7) is 6.07. The van der Waals surface area contributed by atoms with Gasteiger partial charge in [-0.25, -0.2) is 9.18 Å². The second kappa shape index (κ2) is 7.63. The second-order valence-corrected chi connectivity index (χ2v) is 7.50. The molecule has 3 aromatic rings. The first-order valence-electron chi connectivity index (χ1n) is 9.68. The van der Waals surface area contributed by atoms with Crippen LogP contribution in [0.2, 0.25) is 0 Å². The number of hydrogen-bond acceptors (Lipinski definition) is 2. The Morgan fingerprint density at radius 2 is 1.63 bits per heavy atom. The molecule has 0 unspecified atom stereocenters. The summed E-state index contributed by atoms with van der Waals surface area (Å²) in [4.78, 5) is 26.4. The number of aryl methyl sites for hydroxylation is 2. The number of aromatic nitrogens is 1. The Hall–Kier alpha value is -3.67. The number of carbonyl (C=O) groups excluding carboxylic acids is 2. The Kier molecular flexibility index (Phi) is 4.99. The quantitative estimate of drug-likeness (QED) is 0.510. The van der Waals surface area contributed by atoms with Gasteiger partial charge in [-0.05, 0) is 68.3 Å². The Balaban J connectivity index is 1.61. The van der Waals surface area contributed by atoms with Gasteiger partial charge in [0.1, 0.15) is 11.5 Å². The molecule has 152 valence electrons. The maximum absolute atomic E-state index is 13.3. The fraction of sp³-hybridized carbons (Fsp3) is 0.167. The van der Waals surface area contributed by atoms with Crippen molar-refractivity contribution in [2.75, 3.05) is 0 Å². The minimum Gasteiger partial charge on any atom is -0.318 e. The highest BCUT2D eigenvalue weighted by Gasteiger charge is 2.33. The fourth-order valence-corrected chi connectivity index (χ4v) is 3.67. The number of carbonyl (C=O) groups is 2. The van der Waals surface area contributed by atoms with Crippen LogP contribution in [0.3, 0.4) is 0 Å². The molecule has 30 heavy (non-hydrogen) atoms. The highest BCUT2D eigenvalue weighted by atomic mass is 19.1. The van der Waals surface area contributed by atoms with Crippen LogP contribution in [0, 0.1) is 26.6 Å². The van der Waals surface area contributed by atoms with Crippen molar-refractivity contribution in [3.8, 4) is 5.69 Å². The van der Waals surface area contributed by atoms with Crippen molar-refractivity contribution in [3.63, 3.8) is 0 Å². The minimum atomic E-state index is -0.431. The van der Waals surface area contributed by atoms with E-state index in [9.17, 15) is 14.0 Å². The molecular weight excluding hydrogens is 381 g/mol. The van der Waals surface area contributed by atoms with Gasteiger partial charge >= 0.3 is 6.03 Å². The lowest BCUT2D eigenvalue weighted by atomic mass is 10.1. The van der Waals surface area contributed by atoms with E-state index in [0.29, 0.717) is 0 Å². The number of benzene rings is 2. The number of nitrogens with one attached hydrogen (secondary N) is 1.